The van der Waals surface area contributed by atoms with Gasteiger partial charge in [-0.2, -0.15) is 0 Å². The number of carbonyl (C=O) groups is 1. The molecule has 0 aliphatic heterocycles. The Kier molecular flexibility index (Phi) is 4.29. The number of rotatable bonds is 6. The molecule has 8 nitrogen and oxygen atoms in total. The topological polar surface area (TPSA) is 119 Å². The van der Waals surface area contributed by atoms with Gasteiger partial charge in [-0.3, -0.25) is 10.1 Å². The molecular weight excluding hydrogens is 278 g/mol. The van der Waals surface area contributed by atoms with E-state index in [2.05, 4.69) is 10.5 Å². The summed E-state index contributed by atoms with van der Waals surface area (Å²) in [5, 5.41) is 26.7. The van der Waals surface area contributed by atoms with Gasteiger partial charge in [-0.15, -0.1) is 0 Å². The van der Waals surface area contributed by atoms with Crippen LogP contribution in [0.25, 0.3) is 0 Å². The van der Waals surface area contributed by atoms with E-state index < -0.39 is 16.6 Å². The maximum Gasteiger partial charge on any atom is 0.343 e. The van der Waals surface area contributed by atoms with E-state index in [4.69, 9.17) is 9.63 Å². The molecule has 2 aromatic rings. The van der Waals surface area contributed by atoms with Gasteiger partial charge >= 0.3 is 5.97 Å². The lowest BCUT2D eigenvalue weighted by atomic mass is 10.1. The van der Waals surface area contributed by atoms with Crippen LogP contribution in [0.2, 0.25) is 0 Å². The minimum atomic E-state index is -1.32. The summed E-state index contributed by atoms with van der Waals surface area (Å²) in [6.07, 6.45) is 0. The lowest BCUT2D eigenvalue weighted by Crippen LogP contribution is -2.16. The molecule has 8 heteroatoms. The average Bonchev–Trinajstić information content (AvgIpc) is 2.83. The molecule has 1 heterocycles. The van der Waals surface area contributed by atoms with Crippen LogP contribution in [0.15, 0.2) is 28.8 Å². The first-order chi connectivity index (χ1) is 9.99. The highest BCUT2D eigenvalue weighted by Gasteiger charge is 2.23. The van der Waals surface area contributed by atoms with Crippen LogP contribution in [0.1, 0.15) is 27.4 Å². The highest BCUT2D eigenvalue weighted by Crippen LogP contribution is 2.22. The van der Waals surface area contributed by atoms with Crippen molar-refractivity contribution in [2.45, 2.75) is 20.0 Å². The zero-order valence-corrected chi connectivity index (χ0v) is 11.2. The summed E-state index contributed by atoms with van der Waals surface area (Å²) in [5.74, 6) is -0.718. The Morgan fingerprint density at radius 3 is 2.81 bits per heavy atom. The molecule has 0 unspecified atom stereocenters. The van der Waals surface area contributed by atoms with E-state index in [1.54, 1.807) is 13.0 Å². The number of carboxylic acid groups (broad SMARTS) is 1. The zero-order valence-electron chi connectivity index (χ0n) is 11.2. The van der Waals surface area contributed by atoms with Crippen LogP contribution in [0.4, 0.5) is 5.69 Å². The molecule has 0 radical (unpaired) electrons. The molecular formula is C13H13N3O5. The number of aromatic nitrogens is 1. The van der Waals surface area contributed by atoms with Crippen LogP contribution in [0.5, 0.6) is 0 Å². The van der Waals surface area contributed by atoms with Gasteiger partial charge in [-0.25, -0.2) is 4.79 Å². The maximum absolute atomic E-state index is 11.2. The number of carboxylic acids is 1. The van der Waals surface area contributed by atoms with Crippen molar-refractivity contribution >= 4 is 11.7 Å². The third-order valence-corrected chi connectivity index (χ3v) is 2.83. The molecule has 0 amide bonds. The van der Waals surface area contributed by atoms with Gasteiger partial charge < -0.3 is 14.9 Å². The summed E-state index contributed by atoms with van der Waals surface area (Å²) < 4.78 is 5.00. The number of nitro benzene ring substituents is 1. The van der Waals surface area contributed by atoms with Crippen molar-refractivity contribution < 1.29 is 19.3 Å². The standard InChI is InChI=1S/C13H13N3O5/c1-8-5-10(21-15-8)7-14-6-9-3-2-4-11(16(19)20)12(9)13(17)18/h2-5,14H,6-7H2,1H3,(H,17,18). The number of nitrogens with zero attached hydrogens (tertiary/aromatic N) is 2. The molecule has 0 bridgehead atoms. The number of nitrogens with one attached hydrogen (secondary N) is 1. The Bertz CT molecular complexity index is 680. The number of benzene rings is 1. The summed E-state index contributed by atoms with van der Waals surface area (Å²) in [6.45, 7) is 2.31. The molecule has 1 aromatic carbocycles. The largest absolute Gasteiger partial charge is 0.477 e. The van der Waals surface area contributed by atoms with Crippen LogP contribution in [-0.4, -0.2) is 21.2 Å². The zero-order chi connectivity index (χ0) is 15.4. The monoisotopic (exact) mass is 291 g/mol. The predicted octanol–water partition coefficient (Wildman–Crippen LogP) is 1.88. The van der Waals surface area contributed by atoms with Gasteiger partial charge in [0.25, 0.3) is 5.69 Å². The fraction of sp³-hybridized carbons (Fsp3) is 0.231. The first-order valence-electron chi connectivity index (χ1n) is 6.11. The quantitative estimate of drug-likeness (QED) is 0.616. The predicted molar refractivity (Wildman–Crippen MR) is 71.8 cm³/mol. The van der Waals surface area contributed by atoms with Gasteiger partial charge in [0.05, 0.1) is 17.2 Å². The van der Waals surface area contributed by atoms with E-state index in [1.807, 2.05) is 0 Å². The number of nitro groups is 1. The third-order valence-electron chi connectivity index (χ3n) is 2.83. The lowest BCUT2D eigenvalue weighted by molar-refractivity contribution is -0.385. The van der Waals surface area contributed by atoms with Gasteiger partial charge in [0, 0.05) is 18.7 Å². The van der Waals surface area contributed by atoms with Crippen molar-refractivity contribution in [1.82, 2.24) is 10.5 Å². The summed E-state index contributed by atoms with van der Waals surface area (Å²) in [4.78, 5) is 21.4. The first-order valence-corrected chi connectivity index (χ1v) is 6.11. The molecule has 21 heavy (non-hydrogen) atoms. The summed E-state index contributed by atoms with van der Waals surface area (Å²) in [6, 6.07) is 5.92. The molecule has 0 aliphatic rings. The van der Waals surface area contributed by atoms with Crippen molar-refractivity contribution in [3.63, 3.8) is 0 Å². The highest BCUT2D eigenvalue weighted by molar-refractivity contribution is 5.94. The van der Waals surface area contributed by atoms with Gasteiger partial charge in [0.2, 0.25) is 0 Å². The van der Waals surface area contributed by atoms with Gasteiger partial charge in [0.15, 0.2) is 5.76 Å². The number of hydrogen-bond donors (Lipinski definition) is 2. The van der Waals surface area contributed by atoms with Crippen LogP contribution in [0, 0.1) is 17.0 Å². The Hall–Kier alpha value is -2.74. The number of hydrogen-bond acceptors (Lipinski definition) is 6. The molecule has 0 saturated heterocycles. The van der Waals surface area contributed by atoms with E-state index in [1.165, 1.54) is 18.2 Å². The summed E-state index contributed by atoms with van der Waals surface area (Å²) in [5.41, 5.74) is 0.363. The van der Waals surface area contributed by atoms with Crippen molar-refractivity contribution in [2.75, 3.05) is 0 Å². The fourth-order valence-electron chi connectivity index (χ4n) is 1.95. The second kappa shape index (κ2) is 6.14. The smallest absolute Gasteiger partial charge is 0.343 e. The highest BCUT2D eigenvalue weighted by atomic mass is 16.6. The molecule has 110 valence electrons. The minimum Gasteiger partial charge on any atom is -0.477 e. The first kappa shape index (κ1) is 14.7. The molecule has 0 saturated carbocycles. The lowest BCUT2D eigenvalue weighted by Gasteiger charge is -2.07. The van der Waals surface area contributed by atoms with Crippen molar-refractivity contribution in [2.24, 2.45) is 0 Å². The van der Waals surface area contributed by atoms with Gasteiger partial charge in [-0.1, -0.05) is 17.3 Å². The van der Waals surface area contributed by atoms with Gasteiger partial charge in [0.1, 0.15) is 5.56 Å². The second-order valence-corrected chi connectivity index (χ2v) is 4.41. The Labute approximate surface area is 119 Å². The van der Waals surface area contributed by atoms with E-state index in [0.29, 0.717) is 17.9 Å². The Balaban J connectivity index is 2.14. The number of aromatic carboxylic acids is 1. The van der Waals surface area contributed by atoms with Crippen molar-refractivity contribution in [1.29, 1.82) is 0 Å². The van der Waals surface area contributed by atoms with E-state index in [-0.39, 0.29) is 12.1 Å². The average molecular weight is 291 g/mol. The van der Waals surface area contributed by atoms with Crippen LogP contribution in [0.3, 0.4) is 0 Å². The maximum atomic E-state index is 11.2. The SMILES string of the molecule is Cc1cc(CNCc2cccc([N+](=O)[O-])c2C(=O)O)on1. The van der Waals surface area contributed by atoms with Crippen LogP contribution < -0.4 is 5.32 Å². The fourth-order valence-corrected chi connectivity index (χ4v) is 1.95. The minimum absolute atomic E-state index is 0.170. The normalized spacial score (nSPS) is 10.5. The molecule has 2 rings (SSSR count). The van der Waals surface area contributed by atoms with E-state index >= 15 is 0 Å². The molecule has 2 N–H and O–H groups in total. The number of aryl methyl sites for hydroxylation is 1. The summed E-state index contributed by atoms with van der Waals surface area (Å²) >= 11 is 0. The third kappa shape index (κ3) is 3.42. The van der Waals surface area contributed by atoms with Crippen molar-refractivity contribution in [3.05, 3.63) is 57.0 Å². The van der Waals surface area contributed by atoms with Crippen molar-refractivity contribution in [3.8, 4) is 0 Å². The molecule has 1 aromatic heterocycles. The Morgan fingerprint density at radius 2 is 2.24 bits per heavy atom. The molecule has 0 spiro atoms. The molecule has 0 fully saturated rings. The van der Waals surface area contributed by atoms with Crippen LogP contribution >= 0.6 is 0 Å². The summed E-state index contributed by atoms with van der Waals surface area (Å²) in [7, 11) is 0. The van der Waals surface area contributed by atoms with E-state index in [9.17, 15) is 14.9 Å². The van der Waals surface area contributed by atoms with Gasteiger partial charge in [-0.05, 0) is 12.5 Å². The second-order valence-electron chi connectivity index (χ2n) is 4.41. The molecule has 0 atom stereocenters. The Morgan fingerprint density at radius 1 is 1.48 bits per heavy atom. The molecule has 0 aliphatic carbocycles. The van der Waals surface area contributed by atoms with E-state index in [0.717, 1.165) is 5.69 Å². The van der Waals surface area contributed by atoms with Crippen LogP contribution in [-0.2, 0) is 13.1 Å².